The van der Waals surface area contributed by atoms with Crippen LogP contribution in [0, 0.1) is 19.7 Å². The second kappa shape index (κ2) is 6.85. The van der Waals surface area contributed by atoms with E-state index in [1.54, 1.807) is 26.0 Å². The number of aryl methyl sites for hydroxylation is 2. The van der Waals surface area contributed by atoms with Gasteiger partial charge in [-0.15, -0.1) is 0 Å². The van der Waals surface area contributed by atoms with Crippen molar-refractivity contribution in [1.29, 1.82) is 0 Å². The largest absolute Gasteiger partial charge is 0.480 e. The molecule has 6 nitrogen and oxygen atoms in total. The summed E-state index contributed by atoms with van der Waals surface area (Å²) in [4.78, 5) is 22.1. The highest BCUT2D eigenvalue weighted by molar-refractivity contribution is 5.82. The highest BCUT2D eigenvalue weighted by Gasteiger charge is 2.18. The van der Waals surface area contributed by atoms with Gasteiger partial charge in [0.25, 0.3) is 0 Å². The van der Waals surface area contributed by atoms with Gasteiger partial charge in [0.1, 0.15) is 5.82 Å². The molecule has 1 unspecified atom stereocenters. The molecule has 4 N–H and O–H groups in total. The topological polar surface area (TPSA) is 98.7 Å². The Hall–Kier alpha value is -2.15. The summed E-state index contributed by atoms with van der Waals surface area (Å²) < 4.78 is 13.4. The smallest absolute Gasteiger partial charge is 0.328 e. The van der Waals surface area contributed by atoms with Crippen molar-refractivity contribution in [2.24, 2.45) is 0 Å². The highest BCUT2D eigenvalue weighted by atomic mass is 19.1. The van der Waals surface area contributed by atoms with Gasteiger partial charge >= 0.3 is 12.0 Å². The van der Waals surface area contributed by atoms with Crippen LogP contribution in [0.15, 0.2) is 12.1 Å². The number of carboxylic acid groups (broad SMARTS) is 1. The van der Waals surface area contributed by atoms with E-state index in [1.807, 2.05) is 0 Å². The lowest BCUT2D eigenvalue weighted by atomic mass is 10.1. The van der Waals surface area contributed by atoms with E-state index < -0.39 is 24.6 Å². The van der Waals surface area contributed by atoms with Crippen molar-refractivity contribution in [2.45, 2.75) is 26.4 Å². The molecule has 20 heavy (non-hydrogen) atoms. The van der Waals surface area contributed by atoms with Crippen molar-refractivity contribution in [3.8, 4) is 0 Å². The Labute approximate surface area is 115 Å². The average molecular weight is 284 g/mol. The Morgan fingerprint density at radius 1 is 1.30 bits per heavy atom. The van der Waals surface area contributed by atoms with Crippen LogP contribution in [0.1, 0.15) is 16.7 Å². The fourth-order valence-corrected chi connectivity index (χ4v) is 1.71. The van der Waals surface area contributed by atoms with Crippen LogP contribution in [0.4, 0.5) is 9.18 Å². The number of carboxylic acids is 1. The van der Waals surface area contributed by atoms with Crippen molar-refractivity contribution in [3.05, 3.63) is 34.6 Å². The molecule has 0 heterocycles. The van der Waals surface area contributed by atoms with E-state index in [9.17, 15) is 14.0 Å². The fourth-order valence-electron chi connectivity index (χ4n) is 1.71. The van der Waals surface area contributed by atoms with Gasteiger partial charge in [-0.3, -0.25) is 0 Å². The maximum atomic E-state index is 13.4. The second-order valence-electron chi connectivity index (χ2n) is 4.44. The zero-order chi connectivity index (χ0) is 15.3. The van der Waals surface area contributed by atoms with Crippen LogP contribution >= 0.6 is 0 Å². The minimum absolute atomic E-state index is 0.131. The Balaban J connectivity index is 2.59. The maximum Gasteiger partial charge on any atom is 0.328 e. The summed E-state index contributed by atoms with van der Waals surface area (Å²) in [5.41, 5.74) is 1.65. The van der Waals surface area contributed by atoms with Crippen molar-refractivity contribution < 1.29 is 24.2 Å². The Kier molecular flexibility index (Phi) is 5.45. The monoisotopic (exact) mass is 284 g/mol. The van der Waals surface area contributed by atoms with E-state index in [4.69, 9.17) is 10.2 Å². The molecule has 2 amide bonds. The third kappa shape index (κ3) is 4.20. The Morgan fingerprint density at radius 3 is 2.30 bits per heavy atom. The molecular weight excluding hydrogens is 267 g/mol. The second-order valence-corrected chi connectivity index (χ2v) is 4.44. The van der Waals surface area contributed by atoms with Crippen LogP contribution in [-0.4, -0.2) is 34.9 Å². The van der Waals surface area contributed by atoms with Gasteiger partial charge in [-0.05, 0) is 30.5 Å². The molecular formula is C13H17FN2O4. The van der Waals surface area contributed by atoms with Gasteiger partial charge in [-0.2, -0.15) is 0 Å². The van der Waals surface area contributed by atoms with Crippen molar-refractivity contribution in [2.75, 3.05) is 6.61 Å². The first-order chi connectivity index (χ1) is 9.35. The van der Waals surface area contributed by atoms with E-state index >= 15 is 0 Å². The summed E-state index contributed by atoms with van der Waals surface area (Å²) in [7, 11) is 0. The number of carbonyl (C=O) groups is 2. The SMILES string of the molecule is Cc1cc(CNC(=O)NC(CO)C(=O)O)cc(C)c1F. The molecule has 1 aromatic carbocycles. The molecule has 0 aliphatic heterocycles. The van der Waals surface area contributed by atoms with Gasteiger partial charge in [0, 0.05) is 6.54 Å². The zero-order valence-corrected chi connectivity index (χ0v) is 11.2. The van der Waals surface area contributed by atoms with Gasteiger partial charge < -0.3 is 20.8 Å². The third-order valence-electron chi connectivity index (χ3n) is 2.74. The van der Waals surface area contributed by atoms with Crippen LogP contribution in [0.2, 0.25) is 0 Å². The number of rotatable bonds is 5. The number of aliphatic hydroxyl groups is 1. The molecule has 1 atom stereocenters. The summed E-state index contributed by atoms with van der Waals surface area (Å²) in [6, 6.07) is 1.13. The number of halogens is 1. The summed E-state index contributed by atoms with van der Waals surface area (Å²) in [5, 5.41) is 22.0. The molecule has 7 heteroatoms. The van der Waals surface area contributed by atoms with Crippen LogP contribution in [0.3, 0.4) is 0 Å². The fraction of sp³-hybridized carbons (Fsp3) is 0.385. The van der Waals surface area contributed by atoms with E-state index in [0.29, 0.717) is 16.7 Å². The number of hydrogen-bond donors (Lipinski definition) is 4. The number of amides is 2. The average Bonchev–Trinajstić information content (AvgIpc) is 2.39. The Bertz CT molecular complexity index is 496. The lowest BCUT2D eigenvalue weighted by Gasteiger charge is -2.13. The minimum Gasteiger partial charge on any atom is -0.480 e. The lowest BCUT2D eigenvalue weighted by Crippen LogP contribution is -2.47. The summed E-state index contributed by atoms with van der Waals surface area (Å²) in [6.07, 6.45) is 0. The van der Waals surface area contributed by atoms with Gasteiger partial charge in [0.15, 0.2) is 6.04 Å². The Morgan fingerprint density at radius 2 is 1.85 bits per heavy atom. The van der Waals surface area contributed by atoms with Crippen molar-refractivity contribution in [1.82, 2.24) is 10.6 Å². The molecule has 0 saturated heterocycles. The lowest BCUT2D eigenvalue weighted by molar-refractivity contribution is -0.140. The van der Waals surface area contributed by atoms with Gasteiger partial charge in [0.2, 0.25) is 0 Å². The number of urea groups is 1. The maximum absolute atomic E-state index is 13.4. The molecule has 0 spiro atoms. The number of carbonyl (C=O) groups excluding carboxylic acids is 1. The van der Waals surface area contributed by atoms with Crippen LogP contribution in [0.5, 0.6) is 0 Å². The molecule has 0 radical (unpaired) electrons. The highest BCUT2D eigenvalue weighted by Crippen LogP contribution is 2.14. The number of aliphatic hydroxyl groups excluding tert-OH is 1. The quantitative estimate of drug-likeness (QED) is 0.639. The number of aliphatic carboxylic acids is 1. The predicted molar refractivity (Wildman–Crippen MR) is 69.8 cm³/mol. The number of nitrogens with one attached hydrogen (secondary N) is 2. The molecule has 0 aliphatic carbocycles. The standard InChI is InChI=1S/C13H17FN2O4/c1-7-3-9(4-8(2)11(7)14)5-15-13(20)16-10(6-17)12(18)19/h3-4,10,17H,5-6H2,1-2H3,(H,18,19)(H2,15,16,20). The first-order valence-electron chi connectivity index (χ1n) is 5.98. The molecule has 0 saturated carbocycles. The molecule has 110 valence electrons. The first kappa shape index (κ1) is 15.9. The van der Waals surface area contributed by atoms with Gasteiger partial charge in [0.05, 0.1) is 6.61 Å². The van der Waals surface area contributed by atoms with Gasteiger partial charge in [-0.1, -0.05) is 12.1 Å². The van der Waals surface area contributed by atoms with E-state index in [-0.39, 0.29) is 12.4 Å². The predicted octanol–water partition coefficient (Wildman–Crippen LogP) is 0.687. The number of hydrogen-bond acceptors (Lipinski definition) is 3. The van der Waals surface area contributed by atoms with E-state index in [0.717, 1.165) is 0 Å². The van der Waals surface area contributed by atoms with Crippen LogP contribution in [-0.2, 0) is 11.3 Å². The minimum atomic E-state index is -1.35. The van der Waals surface area contributed by atoms with Crippen molar-refractivity contribution >= 4 is 12.0 Å². The number of benzene rings is 1. The molecule has 1 aromatic rings. The molecule has 1 rings (SSSR count). The summed E-state index contributed by atoms with van der Waals surface area (Å²) in [6.45, 7) is 2.68. The zero-order valence-electron chi connectivity index (χ0n) is 11.2. The first-order valence-corrected chi connectivity index (χ1v) is 5.98. The van der Waals surface area contributed by atoms with Crippen LogP contribution in [0.25, 0.3) is 0 Å². The normalized spacial score (nSPS) is 11.8. The summed E-state index contributed by atoms with van der Waals surface area (Å²) in [5.74, 6) is -1.61. The van der Waals surface area contributed by atoms with E-state index in [2.05, 4.69) is 10.6 Å². The molecule has 0 bridgehead atoms. The molecule has 0 fully saturated rings. The summed E-state index contributed by atoms with van der Waals surface area (Å²) >= 11 is 0. The van der Waals surface area contributed by atoms with Crippen molar-refractivity contribution in [3.63, 3.8) is 0 Å². The molecule has 0 aliphatic rings. The van der Waals surface area contributed by atoms with Gasteiger partial charge in [-0.25, -0.2) is 14.0 Å². The third-order valence-corrected chi connectivity index (χ3v) is 2.74. The van der Waals surface area contributed by atoms with Crippen LogP contribution < -0.4 is 10.6 Å². The molecule has 0 aromatic heterocycles. The van der Waals surface area contributed by atoms with E-state index in [1.165, 1.54) is 0 Å².